The molecule has 44 heavy (non-hydrogen) atoms. The average molecular weight is 658 g/mol. The third kappa shape index (κ3) is 7.76. The largest absolute Gasteiger partial charge is 0.484 e. The number of fused-ring (bicyclic) bond motifs is 1. The molecule has 0 saturated carbocycles. The molecule has 2 heterocycles. The summed E-state index contributed by atoms with van der Waals surface area (Å²) >= 11 is 8.42. The quantitative estimate of drug-likeness (QED) is 0.149. The molecular weight excluding hydrogens is 629 g/mol. The predicted octanol–water partition coefficient (Wildman–Crippen LogP) is 5.60. The Morgan fingerprint density at radius 3 is 2.55 bits per heavy atom. The monoisotopic (exact) mass is 657 g/mol. The number of halogens is 2. The first-order chi connectivity index (χ1) is 21.3. The molecule has 5 rings (SSSR count). The van der Waals surface area contributed by atoms with Crippen molar-refractivity contribution in [3.05, 3.63) is 81.2 Å². The summed E-state index contributed by atoms with van der Waals surface area (Å²) < 4.78 is 26.1. The normalized spacial score (nSPS) is 12.3. The number of aromatic nitrogens is 3. The van der Waals surface area contributed by atoms with Crippen LogP contribution in [-0.4, -0.2) is 51.5 Å². The Kier molecular flexibility index (Phi) is 10.5. The molecule has 4 aromatic rings. The highest BCUT2D eigenvalue weighted by molar-refractivity contribution is 7.99. The molecule has 0 saturated heterocycles. The van der Waals surface area contributed by atoms with Crippen LogP contribution < -0.4 is 15.4 Å². The summed E-state index contributed by atoms with van der Waals surface area (Å²) in [7, 11) is 0. The Morgan fingerprint density at radius 2 is 1.80 bits per heavy atom. The summed E-state index contributed by atoms with van der Waals surface area (Å²) in [6.07, 6.45) is 3.66. The van der Waals surface area contributed by atoms with Gasteiger partial charge in [-0.2, -0.15) is 0 Å². The molecule has 0 bridgehead atoms. The first-order valence-corrected chi connectivity index (χ1v) is 16.1. The van der Waals surface area contributed by atoms with Crippen molar-refractivity contribution in [3.63, 3.8) is 0 Å². The molecule has 1 aliphatic carbocycles. The van der Waals surface area contributed by atoms with Crippen LogP contribution in [0.3, 0.4) is 0 Å². The summed E-state index contributed by atoms with van der Waals surface area (Å²) in [6.45, 7) is 1.76. The molecular formula is C30H29ClFN5O5S2. The second kappa shape index (κ2) is 14.7. The van der Waals surface area contributed by atoms with Gasteiger partial charge in [0, 0.05) is 15.6 Å². The number of carbonyl (C=O) groups is 3. The Balaban J connectivity index is 1.27. The van der Waals surface area contributed by atoms with Gasteiger partial charge >= 0.3 is 5.97 Å². The van der Waals surface area contributed by atoms with Crippen molar-refractivity contribution in [2.24, 2.45) is 0 Å². The standard InChI is InChI=1S/C30H29ClFN5O5S2/c1-2-41-29(40)27-22-5-3-4-6-23(22)44-28(27)34-26(39)17-43-30-36-35-24(37(30)20-11-9-19(32)10-12-20)15-33-25(38)16-42-21-13-7-18(31)8-14-21/h7-14H,2-6,15-17H2,1H3,(H,33,38)(H,34,39). The van der Waals surface area contributed by atoms with Crippen LogP contribution in [0.25, 0.3) is 5.69 Å². The zero-order chi connectivity index (χ0) is 31.1. The van der Waals surface area contributed by atoms with E-state index in [9.17, 15) is 18.8 Å². The molecule has 0 unspecified atom stereocenters. The molecule has 0 spiro atoms. The van der Waals surface area contributed by atoms with Crippen molar-refractivity contribution in [2.75, 3.05) is 24.3 Å². The number of esters is 1. The van der Waals surface area contributed by atoms with Gasteiger partial charge in [-0.3, -0.25) is 14.2 Å². The molecule has 230 valence electrons. The average Bonchev–Trinajstić information content (AvgIpc) is 3.60. The molecule has 0 aliphatic heterocycles. The zero-order valence-electron chi connectivity index (χ0n) is 23.7. The lowest BCUT2D eigenvalue weighted by molar-refractivity contribution is -0.123. The van der Waals surface area contributed by atoms with Crippen LogP contribution in [0.15, 0.2) is 53.7 Å². The summed E-state index contributed by atoms with van der Waals surface area (Å²) in [6, 6.07) is 12.3. The first kappa shape index (κ1) is 31.5. The number of thiophene rings is 1. The molecule has 2 aromatic heterocycles. The van der Waals surface area contributed by atoms with E-state index in [4.69, 9.17) is 21.1 Å². The van der Waals surface area contributed by atoms with Gasteiger partial charge in [-0.1, -0.05) is 23.4 Å². The Bertz CT molecular complexity index is 1640. The second-order valence-corrected chi connectivity index (χ2v) is 12.2. The number of carbonyl (C=O) groups excluding carboxylic acids is 3. The van der Waals surface area contributed by atoms with Gasteiger partial charge in [-0.15, -0.1) is 21.5 Å². The highest BCUT2D eigenvalue weighted by Gasteiger charge is 2.27. The van der Waals surface area contributed by atoms with E-state index in [1.807, 2.05) is 0 Å². The Morgan fingerprint density at radius 1 is 1.05 bits per heavy atom. The summed E-state index contributed by atoms with van der Waals surface area (Å²) in [5.41, 5.74) is 1.96. The van der Waals surface area contributed by atoms with Crippen molar-refractivity contribution < 1.29 is 28.2 Å². The number of anilines is 1. The van der Waals surface area contributed by atoms with Gasteiger partial charge < -0.3 is 20.1 Å². The SMILES string of the molecule is CCOC(=O)c1c(NC(=O)CSc2nnc(CNC(=O)COc3ccc(Cl)cc3)n2-c2ccc(F)cc2)sc2c1CCCC2. The summed E-state index contributed by atoms with van der Waals surface area (Å²) in [5.74, 6) is -0.745. The molecule has 2 N–H and O–H groups in total. The van der Waals surface area contributed by atoms with Crippen LogP contribution in [0.5, 0.6) is 5.75 Å². The smallest absolute Gasteiger partial charge is 0.341 e. The molecule has 1 aliphatic rings. The van der Waals surface area contributed by atoms with Crippen molar-refractivity contribution in [1.29, 1.82) is 0 Å². The summed E-state index contributed by atoms with van der Waals surface area (Å²) in [4.78, 5) is 39.4. The fourth-order valence-corrected chi connectivity index (χ4v) is 6.82. The summed E-state index contributed by atoms with van der Waals surface area (Å²) in [5, 5.41) is 15.5. The van der Waals surface area contributed by atoms with E-state index in [-0.39, 0.29) is 31.4 Å². The molecule has 0 atom stereocenters. The topological polar surface area (TPSA) is 124 Å². The number of ether oxygens (including phenoxy) is 2. The molecule has 0 radical (unpaired) electrons. The predicted molar refractivity (Wildman–Crippen MR) is 166 cm³/mol. The van der Waals surface area contributed by atoms with Crippen LogP contribution in [-0.2, 0) is 33.7 Å². The molecule has 0 fully saturated rings. The Labute approximate surface area is 266 Å². The lowest BCUT2D eigenvalue weighted by Gasteiger charge is -2.12. The number of aryl methyl sites for hydroxylation is 1. The van der Waals surface area contributed by atoms with Crippen LogP contribution >= 0.6 is 34.7 Å². The Hall–Kier alpha value is -3.94. The number of amides is 2. The van der Waals surface area contributed by atoms with Gasteiger partial charge in [0.1, 0.15) is 16.6 Å². The highest BCUT2D eigenvalue weighted by Crippen LogP contribution is 2.38. The number of hydrogen-bond acceptors (Lipinski definition) is 9. The van der Waals surface area contributed by atoms with E-state index in [0.29, 0.717) is 38.0 Å². The fraction of sp³-hybridized carbons (Fsp3) is 0.300. The van der Waals surface area contributed by atoms with E-state index >= 15 is 0 Å². The van der Waals surface area contributed by atoms with Crippen LogP contribution in [0, 0.1) is 5.82 Å². The van der Waals surface area contributed by atoms with Crippen LogP contribution in [0.1, 0.15) is 46.4 Å². The third-order valence-electron chi connectivity index (χ3n) is 6.65. The third-order valence-corrected chi connectivity index (χ3v) is 9.04. The van der Waals surface area contributed by atoms with Gasteiger partial charge in [-0.25, -0.2) is 9.18 Å². The molecule has 2 amide bonds. The van der Waals surface area contributed by atoms with E-state index in [2.05, 4.69) is 20.8 Å². The lowest BCUT2D eigenvalue weighted by Crippen LogP contribution is -2.29. The van der Waals surface area contributed by atoms with Crippen LogP contribution in [0.4, 0.5) is 9.39 Å². The minimum Gasteiger partial charge on any atom is -0.484 e. The molecule has 2 aromatic carbocycles. The number of hydrogen-bond donors (Lipinski definition) is 2. The highest BCUT2D eigenvalue weighted by atomic mass is 35.5. The van der Waals surface area contributed by atoms with Crippen molar-refractivity contribution in [2.45, 2.75) is 44.3 Å². The van der Waals surface area contributed by atoms with E-state index in [0.717, 1.165) is 47.9 Å². The maximum absolute atomic E-state index is 13.7. The van der Waals surface area contributed by atoms with Crippen molar-refractivity contribution >= 4 is 57.5 Å². The number of nitrogens with zero attached hydrogens (tertiary/aromatic N) is 3. The number of nitrogens with one attached hydrogen (secondary N) is 2. The van der Waals surface area contributed by atoms with Gasteiger partial charge in [-0.05, 0) is 86.7 Å². The fourth-order valence-electron chi connectivity index (χ4n) is 4.63. The van der Waals surface area contributed by atoms with Gasteiger partial charge in [0.15, 0.2) is 17.6 Å². The maximum atomic E-state index is 13.7. The minimum atomic E-state index is -0.434. The number of thioether (sulfide) groups is 1. The van der Waals surface area contributed by atoms with Crippen LogP contribution in [0.2, 0.25) is 5.02 Å². The van der Waals surface area contributed by atoms with Crippen molar-refractivity contribution in [1.82, 2.24) is 20.1 Å². The second-order valence-electron chi connectivity index (χ2n) is 9.70. The van der Waals surface area contributed by atoms with E-state index in [1.54, 1.807) is 47.9 Å². The lowest BCUT2D eigenvalue weighted by atomic mass is 9.95. The zero-order valence-corrected chi connectivity index (χ0v) is 26.1. The van der Waals surface area contributed by atoms with E-state index < -0.39 is 17.7 Å². The number of benzene rings is 2. The number of rotatable bonds is 12. The van der Waals surface area contributed by atoms with Gasteiger partial charge in [0.05, 0.1) is 24.5 Å². The minimum absolute atomic E-state index is 0.00356. The van der Waals surface area contributed by atoms with Gasteiger partial charge in [0.2, 0.25) is 5.91 Å². The molecule has 14 heteroatoms. The van der Waals surface area contributed by atoms with E-state index in [1.165, 1.54) is 23.5 Å². The molecule has 10 nitrogen and oxygen atoms in total. The van der Waals surface area contributed by atoms with Gasteiger partial charge in [0.25, 0.3) is 5.91 Å². The first-order valence-electron chi connectivity index (χ1n) is 13.9. The van der Waals surface area contributed by atoms with Crippen molar-refractivity contribution in [3.8, 4) is 11.4 Å². The maximum Gasteiger partial charge on any atom is 0.341 e.